The maximum absolute atomic E-state index is 11.6. The van der Waals surface area contributed by atoms with E-state index >= 15 is 0 Å². The quantitative estimate of drug-likeness (QED) is 0.253. The monoisotopic (exact) mass is 581 g/mol. The molecule has 0 unspecified atom stereocenters. The van der Waals surface area contributed by atoms with Gasteiger partial charge in [-0.3, -0.25) is 4.79 Å². The molecular weight excluding hydrogens is 554 g/mol. The van der Waals surface area contributed by atoms with Gasteiger partial charge in [-0.1, -0.05) is 18.3 Å². The molecular formula is C25H28BrN9OS. The number of hydrogen-bond donors (Lipinski definition) is 2. The average Bonchev–Trinajstić information content (AvgIpc) is 3.49. The van der Waals surface area contributed by atoms with E-state index in [1.807, 2.05) is 25.1 Å². The first-order valence-corrected chi connectivity index (χ1v) is 13.7. The molecule has 0 fully saturated rings. The van der Waals surface area contributed by atoms with Gasteiger partial charge < -0.3 is 10.6 Å². The van der Waals surface area contributed by atoms with Crippen molar-refractivity contribution in [3.8, 4) is 22.3 Å². The van der Waals surface area contributed by atoms with Gasteiger partial charge in [0.15, 0.2) is 5.65 Å². The second-order valence-electron chi connectivity index (χ2n) is 8.57. The molecule has 3 aromatic heterocycles. The van der Waals surface area contributed by atoms with E-state index < -0.39 is 0 Å². The molecule has 0 aliphatic rings. The molecule has 1 aromatic carbocycles. The Morgan fingerprint density at radius 1 is 1.32 bits per heavy atom. The van der Waals surface area contributed by atoms with Gasteiger partial charge >= 0.3 is 0 Å². The minimum Gasteiger partial charge on any atom is -0.359 e. The summed E-state index contributed by atoms with van der Waals surface area (Å²) in [5, 5.41) is 30.9. The molecule has 0 radical (unpaired) electrons. The van der Waals surface area contributed by atoms with E-state index in [0.717, 1.165) is 51.5 Å². The van der Waals surface area contributed by atoms with E-state index in [1.165, 1.54) is 11.3 Å². The lowest BCUT2D eigenvalue weighted by Crippen LogP contribution is -2.22. The first-order valence-electron chi connectivity index (χ1n) is 12.1. The van der Waals surface area contributed by atoms with E-state index in [0.29, 0.717) is 35.5 Å². The van der Waals surface area contributed by atoms with Crippen LogP contribution in [-0.2, 0) is 11.2 Å². The molecule has 12 heteroatoms. The van der Waals surface area contributed by atoms with Crippen LogP contribution in [0.2, 0.25) is 0 Å². The van der Waals surface area contributed by atoms with Crippen LogP contribution in [0.25, 0.3) is 27.3 Å². The number of amides is 1. The van der Waals surface area contributed by atoms with Crippen LogP contribution in [0.1, 0.15) is 49.6 Å². The fourth-order valence-corrected chi connectivity index (χ4v) is 5.23. The van der Waals surface area contributed by atoms with Gasteiger partial charge in [-0.15, -0.1) is 10.2 Å². The predicted octanol–water partition coefficient (Wildman–Crippen LogP) is 4.97. The fourth-order valence-electron chi connectivity index (χ4n) is 4.04. The third kappa shape index (κ3) is 6.29. The van der Waals surface area contributed by atoms with Crippen LogP contribution in [0.3, 0.4) is 0 Å². The van der Waals surface area contributed by atoms with Crippen molar-refractivity contribution in [2.45, 2.75) is 58.4 Å². The topological polar surface area (TPSA) is 134 Å². The molecule has 3 heterocycles. The number of fused-ring (bicyclic) bond motifs is 1. The Morgan fingerprint density at radius 3 is 2.86 bits per heavy atom. The van der Waals surface area contributed by atoms with Crippen molar-refractivity contribution in [3.05, 3.63) is 39.6 Å². The summed E-state index contributed by atoms with van der Waals surface area (Å²) in [6.45, 7) is 4.02. The minimum absolute atomic E-state index is 0.0442. The number of aromatic nitrogens is 6. The molecule has 0 aliphatic heterocycles. The zero-order valence-corrected chi connectivity index (χ0v) is 23.4. The predicted molar refractivity (Wildman–Crippen MR) is 148 cm³/mol. The Balaban J connectivity index is 1.65. The Bertz CT molecular complexity index is 1440. The number of rotatable bonds is 11. The molecule has 4 rings (SSSR count). The fraction of sp³-hybridized carbons (Fsp3) is 0.400. The molecule has 2 N–H and O–H groups in total. The van der Waals surface area contributed by atoms with Gasteiger partial charge in [0.25, 0.3) is 0 Å². The van der Waals surface area contributed by atoms with Gasteiger partial charge in [0.1, 0.15) is 14.6 Å². The second-order valence-corrected chi connectivity index (χ2v) is 10.5. The third-order valence-corrected chi connectivity index (χ3v) is 7.49. The Hall–Kier alpha value is -3.43. The van der Waals surface area contributed by atoms with Crippen molar-refractivity contribution in [2.75, 3.05) is 12.4 Å². The zero-order valence-electron chi connectivity index (χ0n) is 21.0. The van der Waals surface area contributed by atoms with Crippen LogP contribution >= 0.6 is 27.3 Å². The number of nitrogens with one attached hydrogen (secondary N) is 2. The van der Waals surface area contributed by atoms with Crippen LogP contribution in [0, 0.1) is 18.3 Å². The Kier molecular flexibility index (Phi) is 8.78. The highest BCUT2D eigenvalue weighted by Crippen LogP contribution is 2.31. The Morgan fingerprint density at radius 2 is 2.16 bits per heavy atom. The van der Waals surface area contributed by atoms with Crippen LogP contribution < -0.4 is 10.6 Å². The molecule has 0 saturated carbocycles. The van der Waals surface area contributed by atoms with E-state index in [1.54, 1.807) is 17.9 Å². The number of aryl methyl sites for hydroxylation is 2. The highest BCUT2D eigenvalue weighted by molar-refractivity contribution is 9.10. The molecule has 1 atom stereocenters. The second kappa shape index (κ2) is 12.2. The maximum Gasteiger partial charge on any atom is 0.224 e. The maximum atomic E-state index is 11.6. The van der Waals surface area contributed by atoms with E-state index in [-0.39, 0.29) is 11.9 Å². The molecule has 0 saturated heterocycles. The summed E-state index contributed by atoms with van der Waals surface area (Å²) in [5.41, 5.74) is 3.47. The molecule has 10 nitrogen and oxygen atoms in total. The number of halogens is 1. The minimum atomic E-state index is 0.0442. The lowest BCUT2D eigenvalue weighted by Gasteiger charge is -2.16. The molecule has 4 aromatic rings. The van der Waals surface area contributed by atoms with Crippen molar-refractivity contribution in [1.29, 1.82) is 5.26 Å². The van der Waals surface area contributed by atoms with Gasteiger partial charge in [0.2, 0.25) is 11.9 Å². The summed E-state index contributed by atoms with van der Waals surface area (Å²) in [7, 11) is 1.65. The summed E-state index contributed by atoms with van der Waals surface area (Å²) < 4.78 is 2.43. The smallest absolute Gasteiger partial charge is 0.224 e. The van der Waals surface area contributed by atoms with Crippen molar-refractivity contribution in [2.24, 2.45) is 0 Å². The zero-order chi connectivity index (χ0) is 26.4. The highest BCUT2D eigenvalue weighted by Gasteiger charge is 2.17. The van der Waals surface area contributed by atoms with Crippen LogP contribution in [0.4, 0.5) is 5.95 Å². The van der Waals surface area contributed by atoms with Gasteiger partial charge in [-0.2, -0.15) is 15.3 Å². The summed E-state index contributed by atoms with van der Waals surface area (Å²) in [6.07, 6.45) is 5.74. The molecule has 0 spiro atoms. The summed E-state index contributed by atoms with van der Waals surface area (Å²) in [4.78, 5) is 20.8. The third-order valence-electron chi connectivity index (χ3n) is 6.04. The first kappa shape index (κ1) is 26.6. The Labute approximate surface area is 227 Å². The van der Waals surface area contributed by atoms with E-state index in [4.69, 9.17) is 4.98 Å². The van der Waals surface area contributed by atoms with Crippen molar-refractivity contribution in [3.63, 3.8) is 0 Å². The molecule has 192 valence electrons. The van der Waals surface area contributed by atoms with Crippen LogP contribution in [0.5, 0.6) is 0 Å². The van der Waals surface area contributed by atoms with Crippen molar-refractivity contribution >= 4 is 50.2 Å². The number of benzene rings is 1. The first-order chi connectivity index (χ1) is 17.9. The largest absolute Gasteiger partial charge is 0.359 e. The average molecular weight is 583 g/mol. The number of nitriles is 1. The molecule has 0 aliphatic carbocycles. The van der Waals surface area contributed by atoms with Gasteiger partial charge in [-0.05, 0) is 72.3 Å². The number of hydrogen-bond acceptors (Lipinski definition) is 9. The number of anilines is 1. The van der Waals surface area contributed by atoms with Crippen molar-refractivity contribution in [1.82, 2.24) is 35.3 Å². The van der Waals surface area contributed by atoms with E-state index in [2.05, 4.69) is 59.8 Å². The summed E-state index contributed by atoms with van der Waals surface area (Å²) in [5.74, 6) is 0.557. The number of carbonyl (C=O) groups is 1. The summed E-state index contributed by atoms with van der Waals surface area (Å²) in [6, 6.07) is 8.39. The standard InChI is InChI=1S/C25H28BrN9OS/c1-4-17(8-5-9-21(36)28-3)30-25-29-14-20-22(26)34-35(23(20)31-25)18-10-11-19(16(13-18)7-6-12-27)24-33-32-15(2)37-24/h10-11,13-14,17H,4-9H2,1-3H3,(H,28,36)(H,29,30,31)/t17-/m0/s1. The van der Waals surface area contributed by atoms with Crippen LogP contribution in [-0.4, -0.2) is 48.9 Å². The lowest BCUT2D eigenvalue weighted by molar-refractivity contribution is -0.120. The lowest BCUT2D eigenvalue weighted by atomic mass is 10.0. The summed E-state index contributed by atoms with van der Waals surface area (Å²) >= 11 is 5.07. The number of carbonyl (C=O) groups excluding carboxylic acids is 1. The number of nitrogens with zero attached hydrogens (tertiary/aromatic N) is 7. The molecule has 0 bridgehead atoms. The molecule has 37 heavy (non-hydrogen) atoms. The van der Waals surface area contributed by atoms with Gasteiger partial charge in [0.05, 0.1) is 17.1 Å². The van der Waals surface area contributed by atoms with Crippen molar-refractivity contribution < 1.29 is 4.79 Å². The SMILES string of the molecule is CC[C@@H](CCCC(=O)NC)Nc1ncc2c(Br)nn(-c3ccc(-c4nnc(C)s4)c(CCC#N)c3)c2n1. The van der Waals surface area contributed by atoms with E-state index in [9.17, 15) is 10.1 Å². The van der Waals surface area contributed by atoms with Crippen LogP contribution in [0.15, 0.2) is 29.0 Å². The van der Waals surface area contributed by atoms with Gasteiger partial charge in [0, 0.05) is 37.7 Å². The highest BCUT2D eigenvalue weighted by atomic mass is 79.9. The van der Waals surface area contributed by atoms with Gasteiger partial charge in [-0.25, -0.2) is 9.67 Å². The normalized spacial score (nSPS) is 11.9. The molecule has 1 amide bonds.